The van der Waals surface area contributed by atoms with Crippen molar-refractivity contribution in [2.75, 3.05) is 20.1 Å². The number of furan rings is 1. The van der Waals surface area contributed by atoms with Crippen molar-refractivity contribution in [3.05, 3.63) is 28.0 Å². The topological polar surface area (TPSA) is 118 Å². The van der Waals surface area contributed by atoms with Gasteiger partial charge in [0.2, 0.25) is 5.91 Å². The van der Waals surface area contributed by atoms with Crippen molar-refractivity contribution < 1.29 is 18.9 Å². The van der Waals surface area contributed by atoms with Crippen LogP contribution in [0.3, 0.4) is 0 Å². The molecule has 0 spiro atoms. The quantitative estimate of drug-likeness (QED) is 0.582. The monoisotopic (exact) mass is 324 g/mol. The Balaban J connectivity index is 2.03. The van der Waals surface area contributed by atoms with Gasteiger partial charge in [0.15, 0.2) is 5.76 Å². The van der Waals surface area contributed by atoms with E-state index in [4.69, 9.17) is 4.42 Å². The maximum Gasteiger partial charge on any atom is 0.433 e. The molecule has 9 nitrogen and oxygen atoms in total. The Morgan fingerprint density at radius 3 is 2.87 bits per heavy atom. The van der Waals surface area contributed by atoms with E-state index in [2.05, 4.69) is 10.6 Å². The minimum absolute atomic E-state index is 0.122. The number of carbonyl (C=O) groups excluding carboxylic acids is 2. The number of nitro groups is 1. The van der Waals surface area contributed by atoms with Crippen molar-refractivity contribution in [1.82, 2.24) is 15.5 Å². The lowest BCUT2D eigenvalue weighted by molar-refractivity contribution is -0.402. The van der Waals surface area contributed by atoms with Gasteiger partial charge in [0.1, 0.15) is 11.0 Å². The lowest BCUT2D eigenvalue weighted by Gasteiger charge is -2.23. The number of carbonyl (C=O) groups is 2. The summed E-state index contributed by atoms with van der Waals surface area (Å²) in [6.45, 7) is 2.81. The highest BCUT2D eigenvalue weighted by Crippen LogP contribution is 2.23. The van der Waals surface area contributed by atoms with Crippen LogP contribution >= 0.6 is 0 Å². The zero-order valence-electron chi connectivity index (χ0n) is 13.1. The second-order valence-electron chi connectivity index (χ2n) is 5.49. The fourth-order valence-electron chi connectivity index (χ4n) is 2.44. The number of amides is 2. The van der Waals surface area contributed by atoms with E-state index in [1.165, 1.54) is 11.0 Å². The summed E-state index contributed by atoms with van der Waals surface area (Å²) < 4.78 is 4.93. The first-order valence-electron chi connectivity index (χ1n) is 7.44. The maximum absolute atomic E-state index is 12.4. The van der Waals surface area contributed by atoms with Gasteiger partial charge in [0.05, 0.1) is 6.07 Å². The van der Waals surface area contributed by atoms with Gasteiger partial charge < -0.3 is 20.0 Å². The Bertz CT molecular complexity index is 600. The lowest BCUT2D eigenvalue weighted by atomic mass is 10.2. The summed E-state index contributed by atoms with van der Waals surface area (Å²) >= 11 is 0. The van der Waals surface area contributed by atoms with Gasteiger partial charge in [-0.25, -0.2) is 0 Å². The second kappa shape index (κ2) is 7.23. The highest BCUT2D eigenvalue weighted by atomic mass is 16.6. The van der Waals surface area contributed by atoms with Gasteiger partial charge in [-0.2, -0.15) is 0 Å². The molecule has 0 radical (unpaired) electrons. The smallest absolute Gasteiger partial charge is 0.395 e. The SMILES string of the molecule is CNC(C)CNC(=O)C1CCCN1C(=O)c1ccc([N+](=O)[O-])o1. The molecular formula is C14H20N4O5. The molecule has 1 aliphatic rings. The van der Waals surface area contributed by atoms with E-state index >= 15 is 0 Å². The van der Waals surface area contributed by atoms with Crippen molar-refractivity contribution in [3.63, 3.8) is 0 Å². The molecule has 0 aliphatic carbocycles. The number of hydrogen-bond donors (Lipinski definition) is 2. The summed E-state index contributed by atoms with van der Waals surface area (Å²) in [5, 5.41) is 16.4. The minimum Gasteiger partial charge on any atom is -0.395 e. The van der Waals surface area contributed by atoms with Crippen LogP contribution in [0.15, 0.2) is 16.5 Å². The van der Waals surface area contributed by atoms with Gasteiger partial charge in [-0.15, -0.1) is 0 Å². The third-order valence-corrected chi connectivity index (χ3v) is 3.87. The number of nitrogens with zero attached hydrogens (tertiary/aromatic N) is 2. The Labute approximate surface area is 133 Å². The Morgan fingerprint density at radius 2 is 2.26 bits per heavy atom. The predicted octanol–water partition coefficient (Wildman–Crippen LogP) is 0.517. The summed E-state index contributed by atoms with van der Waals surface area (Å²) in [7, 11) is 1.80. The van der Waals surface area contributed by atoms with E-state index in [0.717, 1.165) is 6.07 Å². The first kappa shape index (κ1) is 16.9. The van der Waals surface area contributed by atoms with E-state index in [9.17, 15) is 19.7 Å². The van der Waals surface area contributed by atoms with Crippen LogP contribution in [-0.2, 0) is 4.79 Å². The van der Waals surface area contributed by atoms with Crippen molar-refractivity contribution in [1.29, 1.82) is 0 Å². The van der Waals surface area contributed by atoms with Crippen molar-refractivity contribution in [2.24, 2.45) is 0 Å². The maximum atomic E-state index is 12.4. The molecule has 0 bridgehead atoms. The molecule has 23 heavy (non-hydrogen) atoms. The number of hydrogen-bond acceptors (Lipinski definition) is 6. The number of nitrogens with one attached hydrogen (secondary N) is 2. The zero-order chi connectivity index (χ0) is 17.0. The highest BCUT2D eigenvalue weighted by molar-refractivity contribution is 5.96. The molecule has 0 saturated carbocycles. The largest absolute Gasteiger partial charge is 0.433 e. The van der Waals surface area contributed by atoms with Crippen LogP contribution in [0.25, 0.3) is 0 Å². The van der Waals surface area contributed by atoms with E-state index in [-0.39, 0.29) is 17.7 Å². The van der Waals surface area contributed by atoms with Crippen molar-refractivity contribution >= 4 is 17.7 Å². The van der Waals surface area contributed by atoms with E-state index < -0.39 is 22.8 Å². The first-order valence-corrected chi connectivity index (χ1v) is 7.44. The third kappa shape index (κ3) is 3.86. The second-order valence-corrected chi connectivity index (χ2v) is 5.49. The Morgan fingerprint density at radius 1 is 1.52 bits per heavy atom. The molecule has 1 aliphatic heterocycles. The molecule has 2 N–H and O–H groups in total. The fourth-order valence-corrected chi connectivity index (χ4v) is 2.44. The van der Waals surface area contributed by atoms with Gasteiger partial charge >= 0.3 is 5.88 Å². The average Bonchev–Trinajstić information content (AvgIpc) is 3.20. The number of likely N-dealkylation sites (tertiary alicyclic amines) is 1. The summed E-state index contributed by atoms with van der Waals surface area (Å²) in [6.07, 6.45) is 1.27. The van der Waals surface area contributed by atoms with Crippen molar-refractivity contribution in [3.8, 4) is 0 Å². The third-order valence-electron chi connectivity index (χ3n) is 3.87. The molecule has 2 heterocycles. The van der Waals surface area contributed by atoms with Crippen LogP contribution in [-0.4, -0.2) is 53.9 Å². The lowest BCUT2D eigenvalue weighted by Crippen LogP contribution is -2.48. The Kier molecular flexibility index (Phi) is 5.32. The molecule has 9 heteroatoms. The van der Waals surface area contributed by atoms with Crippen LogP contribution in [0.1, 0.15) is 30.3 Å². The molecule has 1 fully saturated rings. The van der Waals surface area contributed by atoms with E-state index in [0.29, 0.717) is 25.9 Å². The fraction of sp³-hybridized carbons (Fsp3) is 0.571. The molecule has 2 unspecified atom stereocenters. The summed E-state index contributed by atoms with van der Waals surface area (Å²) in [5.74, 6) is -1.34. The van der Waals surface area contributed by atoms with Crippen molar-refractivity contribution in [2.45, 2.75) is 31.8 Å². The van der Waals surface area contributed by atoms with Crippen LogP contribution in [0, 0.1) is 10.1 Å². The molecule has 1 saturated heterocycles. The highest BCUT2D eigenvalue weighted by Gasteiger charge is 2.36. The van der Waals surface area contributed by atoms with Crippen LogP contribution < -0.4 is 10.6 Å². The van der Waals surface area contributed by atoms with Gasteiger partial charge in [-0.3, -0.25) is 19.7 Å². The summed E-state index contributed by atoms with van der Waals surface area (Å²) in [6, 6.07) is 1.94. The van der Waals surface area contributed by atoms with Gasteiger partial charge in [0.25, 0.3) is 5.91 Å². The van der Waals surface area contributed by atoms with Crippen LogP contribution in [0.4, 0.5) is 5.88 Å². The molecule has 2 atom stereocenters. The van der Waals surface area contributed by atoms with Gasteiger partial charge in [-0.05, 0) is 32.9 Å². The van der Waals surface area contributed by atoms with Crippen LogP contribution in [0.5, 0.6) is 0 Å². The number of rotatable bonds is 6. The average molecular weight is 324 g/mol. The molecule has 2 rings (SSSR count). The normalized spacial score (nSPS) is 18.7. The van der Waals surface area contributed by atoms with Gasteiger partial charge in [0, 0.05) is 19.1 Å². The minimum atomic E-state index is -0.704. The van der Waals surface area contributed by atoms with E-state index in [1.54, 1.807) is 7.05 Å². The molecule has 1 aromatic heterocycles. The molecule has 2 amide bonds. The number of likely N-dealkylation sites (N-methyl/N-ethyl adjacent to an activating group) is 1. The first-order chi connectivity index (χ1) is 10.9. The van der Waals surface area contributed by atoms with E-state index in [1.807, 2.05) is 6.92 Å². The zero-order valence-corrected chi connectivity index (χ0v) is 13.1. The summed E-state index contributed by atoms with van der Waals surface area (Å²) in [4.78, 5) is 36.0. The molecule has 1 aromatic rings. The van der Waals surface area contributed by atoms with Gasteiger partial charge in [-0.1, -0.05) is 0 Å². The van der Waals surface area contributed by atoms with Crippen LogP contribution in [0.2, 0.25) is 0 Å². The Hall–Kier alpha value is -2.42. The molecule has 126 valence electrons. The standard InChI is InChI=1S/C14H20N4O5/c1-9(15-2)8-16-13(19)10-4-3-7-17(10)14(20)11-5-6-12(23-11)18(21)22/h5-6,9-10,15H,3-4,7-8H2,1-2H3,(H,16,19). The summed E-state index contributed by atoms with van der Waals surface area (Å²) in [5.41, 5.74) is 0. The molecule has 0 aromatic carbocycles. The molecular weight excluding hydrogens is 304 g/mol. The predicted molar refractivity (Wildman–Crippen MR) is 81.0 cm³/mol.